The van der Waals surface area contributed by atoms with Crippen molar-refractivity contribution in [1.82, 2.24) is 10.2 Å². The second-order valence-electron chi connectivity index (χ2n) is 6.08. The Balaban J connectivity index is 1.78. The van der Waals surface area contributed by atoms with Crippen LogP contribution in [0.2, 0.25) is 0 Å². The largest absolute Gasteiger partial charge is 0.493 e. The number of rotatable bonds is 10. The molecule has 7 heteroatoms. The van der Waals surface area contributed by atoms with Crippen LogP contribution in [0.15, 0.2) is 48.5 Å². The molecule has 0 aromatic heterocycles. The molecule has 146 valence electrons. The highest BCUT2D eigenvalue weighted by Crippen LogP contribution is 2.29. The van der Waals surface area contributed by atoms with Crippen molar-refractivity contribution in [2.75, 3.05) is 27.2 Å². The van der Waals surface area contributed by atoms with Crippen LogP contribution in [0.1, 0.15) is 22.3 Å². The number of carbonyl (C=O) groups is 1. The third kappa shape index (κ3) is 6.86. The van der Waals surface area contributed by atoms with Crippen molar-refractivity contribution in [2.24, 2.45) is 0 Å². The molecule has 0 spiro atoms. The average Bonchev–Trinajstić information content (AvgIpc) is 2.65. The Morgan fingerprint density at radius 1 is 1.15 bits per heavy atom. The maximum Gasteiger partial charge on any atom is 0.387 e. The Hall–Kier alpha value is -2.67. The molecule has 0 aliphatic rings. The molecule has 0 atom stereocenters. The fourth-order valence-electron chi connectivity index (χ4n) is 2.63. The van der Waals surface area contributed by atoms with E-state index in [4.69, 9.17) is 4.74 Å². The molecule has 1 N–H and O–H groups in total. The van der Waals surface area contributed by atoms with E-state index in [0.29, 0.717) is 12.1 Å². The van der Waals surface area contributed by atoms with E-state index in [0.717, 1.165) is 19.5 Å². The molecule has 5 nitrogen and oxygen atoms in total. The third-order valence-electron chi connectivity index (χ3n) is 3.94. The van der Waals surface area contributed by atoms with Crippen LogP contribution in [-0.4, -0.2) is 44.7 Å². The van der Waals surface area contributed by atoms with Gasteiger partial charge in [-0.2, -0.15) is 8.78 Å². The molecule has 2 aromatic carbocycles. The first-order valence-electron chi connectivity index (χ1n) is 8.63. The molecule has 0 unspecified atom stereocenters. The molecular formula is C20H24F2N2O3. The maximum absolute atomic E-state index is 12.3. The van der Waals surface area contributed by atoms with E-state index in [2.05, 4.69) is 27.1 Å². The van der Waals surface area contributed by atoms with E-state index >= 15 is 0 Å². The van der Waals surface area contributed by atoms with Crippen molar-refractivity contribution in [3.05, 3.63) is 59.7 Å². The van der Waals surface area contributed by atoms with Gasteiger partial charge in [0.2, 0.25) is 0 Å². The Labute approximate surface area is 157 Å². The summed E-state index contributed by atoms with van der Waals surface area (Å²) in [7, 11) is 3.36. The van der Waals surface area contributed by atoms with E-state index in [1.165, 1.54) is 30.9 Å². The first-order chi connectivity index (χ1) is 13.0. The highest BCUT2D eigenvalue weighted by Gasteiger charge is 2.14. The van der Waals surface area contributed by atoms with Crippen LogP contribution >= 0.6 is 0 Å². The Bertz CT molecular complexity index is 726. The molecule has 0 bridgehead atoms. The monoisotopic (exact) mass is 378 g/mol. The van der Waals surface area contributed by atoms with Crippen molar-refractivity contribution in [3.63, 3.8) is 0 Å². The highest BCUT2D eigenvalue weighted by atomic mass is 19.3. The van der Waals surface area contributed by atoms with E-state index in [1.54, 1.807) is 0 Å². The van der Waals surface area contributed by atoms with Gasteiger partial charge in [-0.25, -0.2) is 0 Å². The number of nitrogens with one attached hydrogen (secondary N) is 1. The van der Waals surface area contributed by atoms with Gasteiger partial charge >= 0.3 is 6.61 Å². The molecule has 0 fully saturated rings. The van der Waals surface area contributed by atoms with Crippen LogP contribution in [0.5, 0.6) is 11.5 Å². The predicted octanol–water partition coefficient (Wildman–Crippen LogP) is 3.55. The quantitative estimate of drug-likeness (QED) is 0.643. The lowest BCUT2D eigenvalue weighted by Gasteiger charge is -2.17. The van der Waals surface area contributed by atoms with Crippen molar-refractivity contribution in [2.45, 2.75) is 19.6 Å². The first-order valence-corrected chi connectivity index (χ1v) is 8.63. The summed E-state index contributed by atoms with van der Waals surface area (Å²) in [4.78, 5) is 14.4. The Kier molecular flexibility index (Phi) is 8.00. The number of amides is 1. The van der Waals surface area contributed by atoms with Gasteiger partial charge in [0.1, 0.15) is 0 Å². The molecule has 0 heterocycles. The maximum atomic E-state index is 12.3. The number of methoxy groups -OCH3 is 1. The van der Waals surface area contributed by atoms with Gasteiger partial charge in [-0.3, -0.25) is 4.79 Å². The standard InChI is InChI=1S/C20H24F2N2O3/c1-24(14-15-7-4-3-5-8-15)12-6-11-23-19(25)16-9-10-17(27-20(21)22)18(13-16)26-2/h3-5,7-10,13,20H,6,11-12,14H2,1-2H3,(H,23,25). The fourth-order valence-corrected chi connectivity index (χ4v) is 2.63. The van der Waals surface area contributed by atoms with Crippen LogP contribution in [0.3, 0.4) is 0 Å². The van der Waals surface area contributed by atoms with Crippen molar-refractivity contribution in [1.29, 1.82) is 0 Å². The summed E-state index contributed by atoms with van der Waals surface area (Å²) >= 11 is 0. The second kappa shape index (κ2) is 10.5. The lowest BCUT2D eigenvalue weighted by molar-refractivity contribution is -0.0512. The first kappa shape index (κ1) is 20.6. The second-order valence-corrected chi connectivity index (χ2v) is 6.08. The minimum Gasteiger partial charge on any atom is -0.493 e. The smallest absolute Gasteiger partial charge is 0.387 e. The average molecular weight is 378 g/mol. The van der Waals surface area contributed by atoms with E-state index in [-0.39, 0.29) is 17.4 Å². The zero-order chi connectivity index (χ0) is 19.6. The summed E-state index contributed by atoms with van der Waals surface area (Å²) in [6.45, 7) is -0.765. The van der Waals surface area contributed by atoms with Gasteiger partial charge in [0.05, 0.1) is 7.11 Å². The number of nitrogens with zero attached hydrogens (tertiary/aromatic N) is 1. The Morgan fingerprint density at radius 2 is 1.89 bits per heavy atom. The molecule has 1 amide bonds. The van der Waals surface area contributed by atoms with Gasteiger partial charge < -0.3 is 19.7 Å². The number of benzene rings is 2. The fraction of sp³-hybridized carbons (Fsp3) is 0.350. The molecule has 0 aliphatic heterocycles. The molecule has 0 saturated carbocycles. The molecule has 0 aliphatic carbocycles. The van der Waals surface area contributed by atoms with Crippen LogP contribution in [0.25, 0.3) is 0 Å². The molecule has 2 rings (SSSR count). The number of ether oxygens (including phenoxy) is 2. The van der Waals surface area contributed by atoms with Crippen LogP contribution < -0.4 is 14.8 Å². The molecular weight excluding hydrogens is 354 g/mol. The third-order valence-corrected chi connectivity index (χ3v) is 3.94. The van der Waals surface area contributed by atoms with Crippen molar-refractivity contribution in [3.8, 4) is 11.5 Å². The zero-order valence-corrected chi connectivity index (χ0v) is 15.5. The van der Waals surface area contributed by atoms with E-state index in [1.807, 2.05) is 25.2 Å². The van der Waals surface area contributed by atoms with Gasteiger partial charge in [-0.1, -0.05) is 30.3 Å². The van der Waals surface area contributed by atoms with Gasteiger partial charge in [-0.05, 0) is 43.8 Å². The van der Waals surface area contributed by atoms with E-state index < -0.39 is 6.61 Å². The summed E-state index contributed by atoms with van der Waals surface area (Å²) < 4.78 is 34.0. The van der Waals surface area contributed by atoms with Crippen molar-refractivity contribution >= 4 is 5.91 Å². The predicted molar refractivity (Wildman–Crippen MR) is 99.4 cm³/mol. The molecule has 27 heavy (non-hydrogen) atoms. The molecule has 2 aromatic rings. The van der Waals surface area contributed by atoms with E-state index in [9.17, 15) is 13.6 Å². The van der Waals surface area contributed by atoms with Crippen LogP contribution in [0.4, 0.5) is 8.78 Å². The number of carbonyl (C=O) groups excluding carboxylic acids is 1. The summed E-state index contributed by atoms with van der Waals surface area (Å²) in [5.41, 5.74) is 1.56. The van der Waals surface area contributed by atoms with Gasteiger partial charge in [0.15, 0.2) is 11.5 Å². The molecule has 0 radical (unpaired) electrons. The lowest BCUT2D eigenvalue weighted by atomic mass is 10.2. The Morgan fingerprint density at radius 3 is 2.56 bits per heavy atom. The number of hydrogen-bond acceptors (Lipinski definition) is 4. The summed E-state index contributed by atoms with van der Waals surface area (Å²) in [6.07, 6.45) is 0.790. The van der Waals surface area contributed by atoms with Gasteiger partial charge in [0, 0.05) is 18.7 Å². The number of hydrogen-bond donors (Lipinski definition) is 1. The molecule has 0 saturated heterocycles. The number of alkyl halides is 2. The highest BCUT2D eigenvalue weighted by molar-refractivity contribution is 5.94. The lowest BCUT2D eigenvalue weighted by Crippen LogP contribution is -2.28. The topological polar surface area (TPSA) is 50.8 Å². The van der Waals surface area contributed by atoms with Gasteiger partial charge in [-0.15, -0.1) is 0 Å². The van der Waals surface area contributed by atoms with Crippen LogP contribution in [0, 0.1) is 0 Å². The van der Waals surface area contributed by atoms with Gasteiger partial charge in [0.25, 0.3) is 5.91 Å². The normalized spacial score (nSPS) is 10.9. The SMILES string of the molecule is COc1cc(C(=O)NCCCN(C)Cc2ccccc2)ccc1OC(F)F. The van der Waals surface area contributed by atoms with Crippen molar-refractivity contribution < 1.29 is 23.0 Å². The minimum atomic E-state index is -2.95. The summed E-state index contributed by atoms with van der Waals surface area (Å²) in [5.74, 6) is -0.306. The summed E-state index contributed by atoms with van der Waals surface area (Å²) in [5, 5.41) is 2.82. The minimum absolute atomic E-state index is 0.0885. The van der Waals surface area contributed by atoms with Crippen LogP contribution in [-0.2, 0) is 6.54 Å². The summed E-state index contributed by atoms with van der Waals surface area (Å²) in [6, 6.07) is 14.3. The number of halogens is 2. The zero-order valence-electron chi connectivity index (χ0n) is 15.5.